The van der Waals surface area contributed by atoms with E-state index in [-0.39, 0.29) is 6.42 Å². The molecular formula is C33H43FN2O3. The minimum atomic E-state index is -1.99. The van der Waals surface area contributed by atoms with Crippen molar-refractivity contribution in [1.29, 1.82) is 0 Å². The van der Waals surface area contributed by atoms with Crippen LogP contribution in [0.4, 0.5) is 4.39 Å². The maximum absolute atomic E-state index is 14.9. The molecule has 2 aromatic carbocycles. The molecule has 3 rings (SSSR count). The number of esters is 1. The predicted molar refractivity (Wildman–Crippen MR) is 156 cm³/mol. The van der Waals surface area contributed by atoms with Crippen molar-refractivity contribution in [3.05, 3.63) is 60.9 Å². The average Bonchev–Trinajstić information content (AvgIpc) is 2.95. The number of halogens is 1. The van der Waals surface area contributed by atoms with Crippen LogP contribution in [0.15, 0.2) is 60.9 Å². The molecule has 0 aliphatic heterocycles. The fourth-order valence-corrected chi connectivity index (χ4v) is 4.31. The van der Waals surface area contributed by atoms with Crippen molar-refractivity contribution >= 4 is 5.97 Å². The van der Waals surface area contributed by atoms with Gasteiger partial charge in [0, 0.05) is 23.5 Å². The lowest BCUT2D eigenvalue weighted by Crippen LogP contribution is -2.34. The summed E-state index contributed by atoms with van der Waals surface area (Å²) in [4.78, 5) is 21.5. The molecule has 1 heterocycles. The molecule has 0 saturated heterocycles. The number of nitrogens with zero attached hydrogens (tertiary/aromatic N) is 2. The average molecular weight is 535 g/mol. The van der Waals surface area contributed by atoms with E-state index in [1.54, 1.807) is 24.5 Å². The molecule has 39 heavy (non-hydrogen) atoms. The Morgan fingerprint density at radius 3 is 1.90 bits per heavy atom. The largest absolute Gasteiger partial charge is 0.494 e. The number of rotatable bonds is 17. The lowest BCUT2D eigenvalue weighted by Gasteiger charge is -2.18. The van der Waals surface area contributed by atoms with Gasteiger partial charge in [0.05, 0.1) is 6.61 Å². The lowest BCUT2D eigenvalue weighted by atomic mass is 9.99. The number of aromatic nitrogens is 2. The first-order valence-corrected chi connectivity index (χ1v) is 14.5. The summed E-state index contributed by atoms with van der Waals surface area (Å²) in [5.74, 6) is 0.958. The third kappa shape index (κ3) is 10.1. The van der Waals surface area contributed by atoms with E-state index in [1.165, 1.54) is 39.0 Å². The zero-order valence-corrected chi connectivity index (χ0v) is 23.8. The van der Waals surface area contributed by atoms with Gasteiger partial charge in [-0.05, 0) is 68.1 Å². The molecule has 0 spiro atoms. The van der Waals surface area contributed by atoms with Crippen LogP contribution in [0.3, 0.4) is 0 Å². The van der Waals surface area contributed by atoms with Crippen LogP contribution >= 0.6 is 0 Å². The molecule has 0 radical (unpaired) electrons. The van der Waals surface area contributed by atoms with Gasteiger partial charge in [0.2, 0.25) is 5.67 Å². The first-order valence-electron chi connectivity index (χ1n) is 14.5. The normalized spacial score (nSPS) is 12.6. The van der Waals surface area contributed by atoms with E-state index in [0.717, 1.165) is 54.7 Å². The molecule has 3 aromatic rings. The van der Waals surface area contributed by atoms with E-state index in [2.05, 4.69) is 23.8 Å². The summed E-state index contributed by atoms with van der Waals surface area (Å²) in [7, 11) is 0. The van der Waals surface area contributed by atoms with E-state index in [9.17, 15) is 9.18 Å². The lowest BCUT2D eigenvalue weighted by molar-refractivity contribution is -0.147. The Labute approximate surface area is 233 Å². The van der Waals surface area contributed by atoms with Gasteiger partial charge in [-0.3, -0.25) is 0 Å². The second-order valence-electron chi connectivity index (χ2n) is 10.4. The molecule has 0 aliphatic carbocycles. The van der Waals surface area contributed by atoms with E-state index in [1.807, 2.05) is 36.4 Å². The number of ether oxygens (including phenoxy) is 2. The third-order valence-electron chi connectivity index (χ3n) is 6.85. The van der Waals surface area contributed by atoms with Crippen molar-refractivity contribution in [3.8, 4) is 34.0 Å². The van der Waals surface area contributed by atoms with Crippen LogP contribution in [-0.2, 0) is 4.79 Å². The van der Waals surface area contributed by atoms with Gasteiger partial charge < -0.3 is 9.47 Å². The molecule has 6 heteroatoms. The van der Waals surface area contributed by atoms with Crippen LogP contribution in [0.5, 0.6) is 11.5 Å². The number of unbranched alkanes of at least 4 members (excludes halogenated alkanes) is 8. The summed E-state index contributed by atoms with van der Waals surface area (Å²) in [6.07, 6.45) is 14.6. The SMILES string of the molecule is CCCCCCCC[C@](C)(F)C(=O)Oc1ccc(-c2cnc(-c3ccc(OCCCCCC)cc3)nc2)cc1. The van der Waals surface area contributed by atoms with Gasteiger partial charge in [-0.1, -0.05) is 77.3 Å². The molecule has 0 aliphatic rings. The van der Waals surface area contributed by atoms with E-state index < -0.39 is 11.6 Å². The number of alkyl halides is 1. The summed E-state index contributed by atoms with van der Waals surface area (Å²) >= 11 is 0. The van der Waals surface area contributed by atoms with Crippen molar-refractivity contribution in [2.75, 3.05) is 6.61 Å². The Kier molecular flexibility index (Phi) is 12.4. The van der Waals surface area contributed by atoms with Crippen LogP contribution in [0.1, 0.15) is 91.4 Å². The molecular weight excluding hydrogens is 491 g/mol. The summed E-state index contributed by atoms with van der Waals surface area (Å²) in [6.45, 7) is 6.40. The molecule has 5 nitrogen and oxygen atoms in total. The number of carbonyl (C=O) groups excluding carboxylic acids is 1. The predicted octanol–water partition coefficient (Wildman–Crippen LogP) is 9.15. The van der Waals surface area contributed by atoms with Gasteiger partial charge >= 0.3 is 5.97 Å². The Morgan fingerprint density at radius 2 is 1.26 bits per heavy atom. The number of benzene rings is 2. The molecule has 1 atom stereocenters. The fraction of sp³-hybridized carbons (Fsp3) is 0.485. The quantitative estimate of drug-likeness (QED) is 0.0981. The summed E-state index contributed by atoms with van der Waals surface area (Å²) in [5, 5.41) is 0. The zero-order chi connectivity index (χ0) is 27.9. The standard InChI is InChI=1S/C33H43FN2O3/c1-4-6-8-10-11-12-22-33(3,34)32(37)39-30-20-14-26(15-21-30)28-24-35-31(36-25-28)27-16-18-29(19-17-27)38-23-13-9-7-5-2/h14-21,24-25H,4-13,22-23H2,1-3H3/t33-/m0/s1. The first-order chi connectivity index (χ1) is 18.9. The smallest absolute Gasteiger partial charge is 0.348 e. The van der Waals surface area contributed by atoms with Crippen molar-refractivity contribution < 1.29 is 18.7 Å². The molecule has 0 amide bonds. The highest BCUT2D eigenvalue weighted by molar-refractivity contribution is 5.81. The summed E-state index contributed by atoms with van der Waals surface area (Å²) in [5.41, 5.74) is 0.634. The highest BCUT2D eigenvalue weighted by Gasteiger charge is 2.34. The van der Waals surface area contributed by atoms with Gasteiger partial charge in [0.25, 0.3) is 0 Å². The van der Waals surface area contributed by atoms with Gasteiger partial charge in [-0.2, -0.15) is 0 Å². The number of hydrogen-bond acceptors (Lipinski definition) is 5. The Bertz CT molecular complexity index is 1110. The summed E-state index contributed by atoms with van der Waals surface area (Å²) < 4.78 is 26.0. The van der Waals surface area contributed by atoms with E-state index in [4.69, 9.17) is 9.47 Å². The molecule has 0 N–H and O–H groups in total. The molecule has 210 valence electrons. The van der Waals surface area contributed by atoms with Crippen LogP contribution in [0.2, 0.25) is 0 Å². The summed E-state index contributed by atoms with van der Waals surface area (Å²) in [6, 6.07) is 14.8. The fourth-order valence-electron chi connectivity index (χ4n) is 4.31. The van der Waals surface area contributed by atoms with Crippen LogP contribution < -0.4 is 9.47 Å². The maximum atomic E-state index is 14.9. The van der Waals surface area contributed by atoms with Crippen molar-refractivity contribution in [2.45, 2.75) is 97.1 Å². The van der Waals surface area contributed by atoms with Crippen LogP contribution in [0.25, 0.3) is 22.5 Å². The number of carbonyl (C=O) groups is 1. The third-order valence-corrected chi connectivity index (χ3v) is 6.85. The molecule has 0 unspecified atom stereocenters. The number of hydrogen-bond donors (Lipinski definition) is 0. The molecule has 0 saturated carbocycles. The minimum Gasteiger partial charge on any atom is -0.494 e. The molecule has 0 bridgehead atoms. The highest BCUT2D eigenvalue weighted by atomic mass is 19.1. The van der Waals surface area contributed by atoms with Gasteiger partial charge in [-0.25, -0.2) is 19.2 Å². The Balaban J connectivity index is 1.50. The maximum Gasteiger partial charge on any atom is 0.348 e. The van der Waals surface area contributed by atoms with Gasteiger partial charge in [0.15, 0.2) is 5.82 Å². The monoisotopic (exact) mass is 534 g/mol. The van der Waals surface area contributed by atoms with Gasteiger partial charge in [0.1, 0.15) is 11.5 Å². The van der Waals surface area contributed by atoms with Gasteiger partial charge in [-0.15, -0.1) is 0 Å². The second kappa shape index (κ2) is 16.0. The topological polar surface area (TPSA) is 61.3 Å². The Morgan fingerprint density at radius 1 is 0.718 bits per heavy atom. The zero-order valence-electron chi connectivity index (χ0n) is 23.8. The first kappa shape index (κ1) is 30.3. The second-order valence-corrected chi connectivity index (χ2v) is 10.4. The molecule has 0 fully saturated rings. The van der Waals surface area contributed by atoms with Crippen molar-refractivity contribution in [3.63, 3.8) is 0 Å². The van der Waals surface area contributed by atoms with Crippen LogP contribution in [-0.4, -0.2) is 28.2 Å². The Hall–Kier alpha value is -3.28. The minimum absolute atomic E-state index is 0.175. The van der Waals surface area contributed by atoms with Crippen LogP contribution in [0, 0.1) is 0 Å². The van der Waals surface area contributed by atoms with Crippen molar-refractivity contribution in [2.24, 2.45) is 0 Å². The van der Waals surface area contributed by atoms with E-state index >= 15 is 0 Å². The van der Waals surface area contributed by atoms with Crippen molar-refractivity contribution in [1.82, 2.24) is 9.97 Å². The highest BCUT2D eigenvalue weighted by Crippen LogP contribution is 2.27. The molecule has 1 aromatic heterocycles. The van der Waals surface area contributed by atoms with E-state index in [0.29, 0.717) is 18.0 Å².